The van der Waals surface area contributed by atoms with Crippen molar-refractivity contribution in [3.63, 3.8) is 0 Å². The van der Waals surface area contributed by atoms with E-state index in [9.17, 15) is 0 Å². The van der Waals surface area contributed by atoms with Gasteiger partial charge in [-0.15, -0.1) is 0 Å². The summed E-state index contributed by atoms with van der Waals surface area (Å²) in [7, 11) is 0. The lowest BCUT2D eigenvalue weighted by molar-refractivity contribution is 0.245. The molecule has 0 aromatic heterocycles. The first-order valence-corrected chi connectivity index (χ1v) is 5.05. The van der Waals surface area contributed by atoms with E-state index in [0.29, 0.717) is 0 Å². The zero-order valence-corrected chi connectivity index (χ0v) is 9.20. The highest BCUT2D eigenvalue weighted by Gasteiger charge is 1.76. The van der Waals surface area contributed by atoms with Crippen molar-refractivity contribution in [1.29, 1.82) is 0 Å². The van der Waals surface area contributed by atoms with E-state index in [1.807, 2.05) is 18.2 Å². The summed E-state index contributed by atoms with van der Waals surface area (Å²) in [6.07, 6.45) is 3.80. The molecule has 0 aliphatic rings. The van der Waals surface area contributed by atoms with Crippen LogP contribution in [0.5, 0.6) is 0 Å². The average molecular weight is 192 g/mol. The summed E-state index contributed by atoms with van der Waals surface area (Å²) >= 11 is 0. The third kappa shape index (κ3) is 8.85. The van der Waals surface area contributed by atoms with Gasteiger partial charge in [0.25, 0.3) is 0 Å². The van der Waals surface area contributed by atoms with Crippen LogP contribution in [0.1, 0.15) is 25.3 Å². The van der Waals surface area contributed by atoms with E-state index in [1.54, 1.807) is 0 Å². The first-order chi connectivity index (χ1) is 6.81. The van der Waals surface area contributed by atoms with Crippen LogP contribution in [-0.4, -0.2) is 6.61 Å². The lowest BCUT2D eigenvalue weighted by Crippen LogP contribution is -1.83. The van der Waals surface area contributed by atoms with E-state index >= 15 is 0 Å². The second kappa shape index (κ2) is 9.85. The van der Waals surface area contributed by atoms with Crippen LogP contribution in [0, 0.1) is 6.92 Å². The van der Waals surface area contributed by atoms with Crippen molar-refractivity contribution in [2.45, 2.75) is 26.7 Å². The van der Waals surface area contributed by atoms with Gasteiger partial charge in [-0.25, -0.2) is 0 Å². The summed E-state index contributed by atoms with van der Waals surface area (Å²) in [6.45, 7) is 8.44. The van der Waals surface area contributed by atoms with Gasteiger partial charge in [0.1, 0.15) is 0 Å². The van der Waals surface area contributed by atoms with Crippen LogP contribution in [0.3, 0.4) is 0 Å². The fourth-order valence-corrected chi connectivity index (χ4v) is 0.845. The van der Waals surface area contributed by atoms with Crippen LogP contribution in [0.2, 0.25) is 0 Å². The normalized spacial score (nSPS) is 8.43. The number of hydrogen-bond acceptors (Lipinski definition) is 1. The SMILES string of the molecule is C=COCCCC.Cc1ccccc1. The summed E-state index contributed by atoms with van der Waals surface area (Å²) in [5.74, 6) is 0. The van der Waals surface area contributed by atoms with Crippen LogP contribution in [0.15, 0.2) is 43.2 Å². The molecule has 0 N–H and O–H groups in total. The predicted molar refractivity (Wildman–Crippen MR) is 62.2 cm³/mol. The molecule has 78 valence electrons. The highest BCUT2D eigenvalue weighted by molar-refractivity contribution is 5.11. The van der Waals surface area contributed by atoms with Crippen molar-refractivity contribution in [1.82, 2.24) is 0 Å². The molecule has 0 saturated carbocycles. The molecule has 0 spiro atoms. The zero-order valence-electron chi connectivity index (χ0n) is 9.20. The molecule has 1 aromatic rings. The zero-order chi connectivity index (χ0) is 10.6. The fraction of sp³-hybridized carbons (Fsp3) is 0.385. The summed E-state index contributed by atoms with van der Waals surface area (Å²) in [5, 5.41) is 0. The topological polar surface area (TPSA) is 9.23 Å². The monoisotopic (exact) mass is 192 g/mol. The first-order valence-electron chi connectivity index (χ1n) is 5.05. The molecule has 0 atom stereocenters. The first kappa shape index (κ1) is 12.8. The van der Waals surface area contributed by atoms with Gasteiger partial charge < -0.3 is 4.74 Å². The molecule has 0 aliphatic heterocycles. The Morgan fingerprint density at radius 1 is 1.29 bits per heavy atom. The summed E-state index contributed by atoms with van der Waals surface area (Å²) in [6, 6.07) is 10.3. The van der Waals surface area contributed by atoms with Gasteiger partial charge in [0.2, 0.25) is 0 Å². The second-order valence-corrected chi connectivity index (χ2v) is 3.05. The molecule has 0 radical (unpaired) electrons. The Morgan fingerprint density at radius 2 is 1.93 bits per heavy atom. The Kier molecular flexibility index (Phi) is 8.97. The van der Waals surface area contributed by atoms with E-state index in [1.165, 1.54) is 18.2 Å². The minimum Gasteiger partial charge on any atom is -0.502 e. The molecule has 0 unspecified atom stereocenters. The number of ether oxygens (including phenoxy) is 1. The van der Waals surface area contributed by atoms with E-state index in [4.69, 9.17) is 4.74 Å². The number of rotatable bonds is 4. The van der Waals surface area contributed by atoms with E-state index in [-0.39, 0.29) is 0 Å². The molecule has 0 saturated heterocycles. The highest BCUT2D eigenvalue weighted by atomic mass is 16.5. The smallest absolute Gasteiger partial charge is 0.0872 e. The Balaban J connectivity index is 0.000000241. The van der Waals surface area contributed by atoms with Gasteiger partial charge in [-0.2, -0.15) is 0 Å². The van der Waals surface area contributed by atoms with Gasteiger partial charge in [0.15, 0.2) is 0 Å². The molecule has 1 aromatic carbocycles. The molecule has 0 heterocycles. The van der Waals surface area contributed by atoms with Crippen LogP contribution in [0.25, 0.3) is 0 Å². The Hall–Kier alpha value is -1.24. The lowest BCUT2D eigenvalue weighted by Gasteiger charge is -1.93. The third-order valence-electron chi connectivity index (χ3n) is 1.67. The fourth-order valence-electron chi connectivity index (χ4n) is 0.845. The molecule has 14 heavy (non-hydrogen) atoms. The van der Waals surface area contributed by atoms with Crippen molar-refractivity contribution in [3.05, 3.63) is 48.7 Å². The number of benzene rings is 1. The molecular formula is C13H20O. The minimum atomic E-state index is 0.819. The van der Waals surface area contributed by atoms with Crippen molar-refractivity contribution in [2.75, 3.05) is 6.61 Å². The highest BCUT2D eigenvalue weighted by Crippen LogP contribution is 1.92. The van der Waals surface area contributed by atoms with Gasteiger partial charge in [-0.3, -0.25) is 0 Å². The molecule has 1 nitrogen and oxygen atoms in total. The van der Waals surface area contributed by atoms with Crippen molar-refractivity contribution < 1.29 is 4.74 Å². The van der Waals surface area contributed by atoms with Crippen molar-refractivity contribution in [2.24, 2.45) is 0 Å². The van der Waals surface area contributed by atoms with E-state index in [2.05, 4.69) is 32.6 Å². The Bertz CT molecular complexity index is 216. The molecule has 0 bridgehead atoms. The maximum absolute atomic E-state index is 4.84. The van der Waals surface area contributed by atoms with Gasteiger partial charge in [0, 0.05) is 0 Å². The van der Waals surface area contributed by atoms with Crippen LogP contribution in [-0.2, 0) is 4.74 Å². The number of aryl methyl sites for hydroxylation is 1. The molecule has 0 aliphatic carbocycles. The van der Waals surface area contributed by atoms with Crippen LogP contribution < -0.4 is 0 Å². The summed E-state index contributed by atoms with van der Waals surface area (Å²) in [5.41, 5.74) is 1.32. The van der Waals surface area contributed by atoms with E-state index in [0.717, 1.165) is 13.0 Å². The van der Waals surface area contributed by atoms with Gasteiger partial charge in [0.05, 0.1) is 12.9 Å². The maximum atomic E-state index is 4.84. The second-order valence-electron chi connectivity index (χ2n) is 3.05. The average Bonchev–Trinajstić information content (AvgIpc) is 2.21. The Morgan fingerprint density at radius 3 is 2.29 bits per heavy atom. The standard InChI is InChI=1S/C7H8.C6H12O/c1-7-5-3-2-4-6-7;1-3-5-6-7-4-2/h2-6H,1H3;4H,2-3,5-6H2,1H3. The van der Waals surface area contributed by atoms with Crippen LogP contribution >= 0.6 is 0 Å². The van der Waals surface area contributed by atoms with Crippen molar-refractivity contribution >= 4 is 0 Å². The van der Waals surface area contributed by atoms with Gasteiger partial charge in [-0.1, -0.05) is 55.8 Å². The molecule has 1 heteroatoms. The molecule has 1 rings (SSSR count). The van der Waals surface area contributed by atoms with Crippen molar-refractivity contribution in [3.8, 4) is 0 Å². The Labute approximate surface area is 87.4 Å². The molecular weight excluding hydrogens is 172 g/mol. The van der Waals surface area contributed by atoms with E-state index < -0.39 is 0 Å². The number of unbranched alkanes of at least 4 members (excludes halogenated alkanes) is 1. The lowest BCUT2D eigenvalue weighted by atomic mass is 10.2. The maximum Gasteiger partial charge on any atom is 0.0872 e. The summed E-state index contributed by atoms with van der Waals surface area (Å²) < 4.78 is 4.84. The third-order valence-corrected chi connectivity index (χ3v) is 1.67. The number of hydrogen-bond donors (Lipinski definition) is 0. The van der Waals surface area contributed by atoms with Gasteiger partial charge in [-0.05, 0) is 13.3 Å². The molecule has 0 fully saturated rings. The van der Waals surface area contributed by atoms with Crippen LogP contribution in [0.4, 0.5) is 0 Å². The van der Waals surface area contributed by atoms with Gasteiger partial charge >= 0.3 is 0 Å². The largest absolute Gasteiger partial charge is 0.502 e. The minimum absolute atomic E-state index is 0.819. The molecule has 0 amide bonds. The summed E-state index contributed by atoms with van der Waals surface area (Å²) in [4.78, 5) is 0. The quantitative estimate of drug-likeness (QED) is 0.518. The predicted octanol–water partition coefficient (Wildman–Crippen LogP) is 3.94.